The number of thioether (sulfide) groups is 1. The Morgan fingerprint density at radius 2 is 2.12 bits per heavy atom. The van der Waals surface area contributed by atoms with Gasteiger partial charge in [0.2, 0.25) is 0 Å². The molecule has 1 aromatic carbocycles. The van der Waals surface area contributed by atoms with Crippen LogP contribution < -0.4 is 0 Å². The van der Waals surface area contributed by atoms with E-state index in [0.29, 0.717) is 10.6 Å². The molecule has 1 unspecified atom stereocenters. The summed E-state index contributed by atoms with van der Waals surface area (Å²) in [6.45, 7) is 0. The van der Waals surface area contributed by atoms with Gasteiger partial charge in [0.1, 0.15) is 0 Å². The molecule has 5 heteroatoms. The van der Waals surface area contributed by atoms with Crippen LogP contribution in [0.5, 0.6) is 0 Å². The van der Waals surface area contributed by atoms with Gasteiger partial charge in [0.05, 0.1) is 21.3 Å². The SMILES string of the molecule is CSCCCS(=O)c1ccccc1C(=O)O. The molecular weight excluding hydrogens is 244 g/mol. The minimum atomic E-state index is -1.21. The summed E-state index contributed by atoms with van der Waals surface area (Å²) in [5.74, 6) is 0.445. The van der Waals surface area contributed by atoms with Crippen LogP contribution in [-0.4, -0.2) is 33.0 Å². The first kappa shape index (κ1) is 13.3. The van der Waals surface area contributed by atoms with Crippen LogP contribution in [0.15, 0.2) is 29.2 Å². The average molecular weight is 258 g/mol. The number of hydrogen-bond acceptors (Lipinski definition) is 3. The molecule has 0 saturated heterocycles. The van der Waals surface area contributed by atoms with Crippen molar-refractivity contribution in [3.05, 3.63) is 29.8 Å². The third-order valence-corrected chi connectivity index (χ3v) is 4.24. The molecule has 1 N–H and O–H groups in total. The number of carbonyl (C=O) groups is 1. The number of aromatic carboxylic acids is 1. The Kier molecular flexibility index (Phi) is 5.55. The van der Waals surface area contributed by atoms with Crippen LogP contribution in [0, 0.1) is 0 Å². The number of hydrogen-bond donors (Lipinski definition) is 1. The maximum Gasteiger partial charge on any atom is 0.336 e. The van der Waals surface area contributed by atoms with E-state index in [9.17, 15) is 9.00 Å². The minimum absolute atomic E-state index is 0.144. The molecule has 88 valence electrons. The molecular formula is C11H14O3S2. The van der Waals surface area contributed by atoms with E-state index in [1.165, 1.54) is 6.07 Å². The highest BCUT2D eigenvalue weighted by molar-refractivity contribution is 7.98. The first-order valence-corrected chi connectivity index (χ1v) is 7.57. The fourth-order valence-electron chi connectivity index (χ4n) is 1.29. The van der Waals surface area contributed by atoms with Crippen LogP contribution in [0.1, 0.15) is 16.8 Å². The summed E-state index contributed by atoms with van der Waals surface area (Å²) >= 11 is 1.70. The van der Waals surface area contributed by atoms with Crippen LogP contribution in [0.4, 0.5) is 0 Å². The standard InChI is InChI=1S/C11H14O3S2/c1-15-7-4-8-16(14)10-6-3-2-5-9(10)11(12)13/h2-3,5-6H,4,7-8H2,1H3,(H,12,13). The van der Waals surface area contributed by atoms with Crippen LogP contribution in [0.3, 0.4) is 0 Å². The highest BCUT2D eigenvalue weighted by Crippen LogP contribution is 2.14. The zero-order valence-electron chi connectivity index (χ0n) is 9.01. The van der Waals surface area contributed by atoms with Gasteiger partial charge < -0.3 is 5.11 Å². The van der Waals surface area contributed by atoms with Crippen LogP contribution in [0.2, 0.25) is 0 Å². The molecule has 0 aromatic heterocycles. The molecule has 0 fully saturated rings. The predicted molar refractivity (Wildman–Crippen MR) is 67.7 cm³/mol. The van der Waals surface area contributed by atoms with E-state index in [1.54, 1.807) is 30.0 Å². The van der Waals surface area contributed by atoms with Gasteiger partial charge in [-0.05, 0) is 30.6 Å². The Morgan fingerprint density at radius 1 is 1.44 bits per heavy atom. The quantitative estimate of drug-likeness (QED) is 0.795. The average Bonchev–Trinajstić information content (AvgIpc) is 2.29. The summed E-state index contributed by atoms with van der Waals surface area (Å²) in [4.78, 5) is 11.3. The van der Waals surface area contributed by atoms with Crippen LogP contribution in [0.25, 0.3) is 0 Å². The fraction of sp³-hybridized carbons (Fsp3) is 0.364. The Bertz CT molecular complexity index is 391. The van der Waals surface area contributed by atoms with Crippen molar-refractivity contribution in [1.82, 2.24) is 0 Å². The zero-order chi connectivity index (χ0) is 12.0. The van der Waals surface area contributed by atoms with E-state index < -0.39 is 16.8 Å². The highest BCUT2D eigenvalue weighted by atomic mass is 32.2. The van der Waals surface area contributed by atoms with Crippen molar-refractivity contribution in [3.63, 3.8) is 0 Å². The first-order chi connectivity index (χ1) is 7.66. The fourth-order valence-corrected chi connectivity index (χ4v) is 3.16. The predicted octanol–water partition coefficient (Wildman–Crippen LogP) is 2.25. The van der Waals surface area contributed by atoms with Crippen LogP contribution in [-0.2, 0) is 10.8 Å². The summed E-state index contributed by atoms with van der Waals surface area (Å²) in [6.07, 6.45) is 2.83. The zero-order valence-corrected chi connectivity index (χ0v) is 10.6. The second-order valence-corrected chi connectivity index (χ2v) is 5.72. The number of benzene rings is 1. The Hall–Kier alpha value is -0.810. The molecule has 1 rings (SSSR count). The van der Waals surface area contributed by atoms with E-state index in [-0.39, 0.29) is 5.56 Å². The highest BCUT2D eigenvalue weighted by Gasteiger charge is 2.13. The van der Waals surface area contributed by atoms with Crippen molar-refractivity contribution in [3.8, 4) is 0 Å². The van der Waals surface area contributed by atoms with Gasteiger partial charge in [0.15, 0.2) is 0 Å². The lowest BCUT2D eigenvalue weighted by Crippen LogP contribution is -2.07. The summed E-state index contributed by atoms with van der Waals surface area (Å²) in [5.41, 5.74) is 0.144. The molecule has 0 amide bonds. The maximum absolute atomic E-state index is 11.9. The number of carboxylic acid groups (broad SMARTS) is 1. The van der Waals surface area contributed by atoms with Crippen LogP contribution >= 0.6 is 11.8 Å². The molecule has 1 atom stereocenters. The summed E-state index contributed by atoms with van der Waals surface area (Å²) in [5, 5.41) is 8.95. The van der Waals surface area contributed by atoms with Gasteiger partial charge in [-0.25, -0.2) is 4.79 Å². The van der Waals surface area contributed by atoms with Gasteiger partial charge in [0.25, 0.3) is 0 Å². The molecule has 0 spiro atoms. The van der Waals surface area contributed by atoms with E-state index >= 15 is 0 Å². The molecule has 1 aromatic rings. The van der Waals surface area contributed by atoms with Gasteiger partial charge in [-0.1, -0.05) is 12.1 Å². The van der Waals surface area contributed by atoms with E-state index in [0.717, 1.165) is 12.2 Å². The van der Waals surface area contributed by atoms with Crippen molar-refractivity contribution in [1.29, 1.82) is 0 Å². The van der Waals surface area contributed by atoms with Crippen molar-refractivity contribution in [2.75, 3.05) is 17.8 Å². The van der Waals surface area contributed by atoms with E-state index in [2.05, 4.69) is 0 Å². The third-order valence-electron chi connectivity index (χ3n) is 2.04. The van der Waals surface area contributed by atoms with Crippen molar-refractivity contribution >= 4 is 28.5 Å². The molecule has 0 radical (unpaired) electrons. The summed E-state index contributed by atoms with van der Waals surface area (Å²) < 4.78 is 11.9. The molecule has 3 nitrogen and oxygen atoms in total. The van der Waals surface area contributed by atoms with Gasteiger partial charge in [-0.2, -0.15) is 11.8 Å². The topological polar surface area (TPSA) is 54.4 Å². The maximum atomic E-state index is 11.9. The number of rotatable bonds is 6. The first-order valence-electron chi connectivity index (χ1n) is 4.86. The smallest absolute Gasteiger partial charge is 0.336 e. The Labute approximate surface area is 102 Å². The van der Waals surface area contributed by atoms with Crippen molar-refractivity contribution < 1.29 is 14.1 Å². The minimum Gasteiger partial charge on any atom is -0.478 e. The lowest BCUT2D eigenvalue weighted by atomic mass is 10.2. The van der Waals surface area contributed by atoms with Gasteiger partial charge >= 0.3 is 5.97 Å². The Morgan fingerprint density at radius 3 is 2.75 bits per heavy atom. The summed E-state index contributed by atoms with van der Waals surface area (Å²) in [7, 11) is -1.21. The van der Waals surface area contributed by atoms with Gasteiger partial charge in [0, 0.05) is 5.75 Å². The Balaban J connectivity index is 2.78. The normalized spacial score (nSPS) is 12.3. The molecule has 0 saturated carbocycles. The molecule has 16 heavy (non-hydrogen) atoms. The van der Waals surface area contributed by atoms with Crippen molar-refractivity contribution in [2.45, 2.75) is 11.3 Å². The monoisotopic (exact) mass is 258 g/mol. The molecule has 0 aliphatic carbocycles. The second kappa shape index (κ2) is 6.70. The lowest BCUT2D eigenvalue weighted by Gasteiger charge is -2.05. The molecule has 0 bridgehead atoms. The van der Waals surface area contributed by atoms with Crippen molar-refractivity contribution in [2.24, 2.45) is 0 Å². The molecule has 0 heterocycles. The lowest BCUT2D eigenvalue weighted by molar-refractivity contribution is 0.0693. The van der Waals surface area contributed by atoms with Gasteiger partial charge in [-0.3, -0.25) is 4.21 Å². The van der Waals surface area contributed by atoms with E-state index in [4.69, 9.17) is 5.11 Å². The van der Waals surface area contributed by atoms with Gasteiger partial charge in [-0.15, -0.1) is 0 Å². The molecule has 0 aliphatic heterocycles. The summed E-state index contributed by atoms with van der Waals surface area (Å²) in [6, 6.07) is 6.48. The van der Waals surface area contributed by atoms with E-state index in [1.807, 2.05) is 6.26 Å². The number of carboxylic acids is 1. The molecule has 0 aliphatic rings. The third kappa shape index (κ3) is 3.64. The largest absolute Gasteiger partial charge is 0.478 e. The second-order valence-electron chi connectivity index (χ2n) is 3.20.